The molecule has 1 N–H and O–H groups in total. The topological polar surface area (TPSA) is 37.8 Å². The van der Waals surface area contributed by atoms with Gasteiger partial charge in [-0.15, -0.1) is 21.5 Å². The van der Waals surface area contributed by atoms with Crippen molar-refractivity contribution in [2.75, 3.05) is 5.32 Å². The van der Waals surface area contributed by atoms with E-state index in [9.17, 15) is 0 Å². The molecule has 0 atom stereocenters. The quantitative estimate of drug-likeness (QED) is 0.941. The van der Waals surface area contributed by atoms with Gasteiger partial charge in [0.25, 0.3) is 0 Å². The Kier molecular flexibility index (Phi) is 3.38. The summed E-state index contributed by atoms with van der Waals surface area (Å²) in [5, 5.41) is 13.1. The standard InChI is InChI=1S/C9H10BrN3S2/c1-5-3-7(15-8(5)10)4-11-9-13-12-6(2)14-9/h3H,4H2,1-2H3,(H,11,13). The third-order valence-corrected chi connectivity index (χ3v) is 4.78. The van der Waals surface area contributed by atoms with Crippen molar-refractivity contribution < 1.29 is 0 Å². The summed E-state index contributed by atoms with van der Waals surface area (Å²) in [5.41, 5.74) is 1.28. The molecule has 0 saturated carbocycles. The average molecular weight is 304 g/mol. The van der Waals surface area contributed by atoms with Gasteiger partial charge in [-0.05, 0) is 41.4 Å². The van der Waals surface area contributed by atoms with Gasteiger partial charge in [0.1, 0.15) is 5.01 Å². The maximum atomic E-state index is 4.01. The summed E-state index contributed by atoms with van der Waals surface area (Å²) in [7, 11) is 0. The predicted molar refractivity (Wildman–Crippen MR) is 68.7 cm³/mol. The lowest BCUT2D eigenvalue weighted by Crippen LogP contribution is -1.96. The third-order valence-electron chi connectivity index (χ3n) is 1.85. The molecule has 0 aliphatic heterocycles. The lowest BCUT2D eigenvalue weighted by atomic mass is 10.3. The van der Waals surface area contributed by atoms with Crippen LogP contribution in [0.1, 0.15) is 15.4 Å². The second kappa shape index (κ2) is 4.59. The highest BCUT2D eigenvalue weighted by atomic mass is 79.9. The first-order valence-corrected chi connectivity index (χ1v) is 6.86. The molecule has 15 heavy (non-hydrogen) atoms. The van der Waals surface area contributed by atoms with Crippen molar-refractivity contribution in [3.63, 3.8) is 0 Å². The highest BCUT2D eigenvalue weighted by Gasteiger charge is 2.04. The summed E-state index contributed by atoms with van der Waals surface area (Å²) in [6.07, 6.45) is 0. The Balaban J connectivity index is 1.99. The zero-order valence-electron chi connectivity index (χ0n) is 8.37. The van der Waals surface area contributed by atoms with E-state index in [1.807, 2.05) is 6.92 Å². The third kappa shape index (κ3) is 2.76. The number of aromatic nitrogens is 2. The van der Waals surface area contributed by atoms with Gasteiger partial charge in [0, 0.05) is 4.88 Å². The molecule has 2 rings (SSSR count). The van der Waals surface area contributed by atoms with Crippen LogP contribution in [0.15, 0.2) is 9.85 Å². The van der Waals surface area contributed by atoms with Crippen molar-refractivity contribution in [2.24, 2.45) is 0 Å². The van der Waals surface area contributed by atoms with Gasteiger partial charge in [-0.2, -0.15) is 0 Å². The summed E-state index contributed by atoms with van der Waals surface area (Å²) in [5.74, 6) is 0. The molecule has 0 radical (unpaired) electrons. The Morgan fingerprint density at radius 2 is 2.13 bits per heavy atom. The smallest absolute Gasteiger partial charge is 0.205 e. The number of aryl methyl sites for hydroxylation is 2. The van der Waals surface area contributed by atoms with E-state index in [-0.39, 0.29) is 0 Å². The first kappa shape index (κ1) is 11.0. The highest BCUT2D eigenvalue weighted by Crippen LogP contribution is 2.28. The molecule has 0 bridgehead atoms. The lowest BCUT2D eigenvalue weighted by Gasteiger charge is -1.97. The molecule has 0 unspecified atom stereocenters. The number of nitrogens with zero attached hydrogens (tertiary/aromatic N) is 2. The number of rotatable bonds is 3. The molecule has 0 fully saturated rings. The van der Waals surface area contributed by atoms with E-state index < -0.39 is 0 Å². The van der Waals surface area contributed by atoms with Gasteiger partial charge < -0.3 is 5.32 Å². The van der Waals surface area contributed by atoms with Gasteiger partial charge in [-0.1, -0.05) is 11.3 Å². The molecule has 0 aliphatic rings. The van der Waals surface area contributed by atoms with Gasteiger partial charge in [-0.25, -0.2) is 0 Å². The van der Waals surface area contributed by atoms with Crippen molar-refractivity contribution in [2.45, 2.75) is 20.4 Å². The zero-order valence-corrected chi connectivity index (χ0v) is 11.6. The molecule has 0 spiro atoms. The lowest BCUT2D eigenvalue weighted by molar-refractivity contribution is 1.03. The first-order chi connectivity index (χ1) is 7.15. The number of hydrogen-bond acceptors (Lipinski definition) is 5. The van der Waals surface area contributed by atoms with Gasteiger partial charge in [0.2, 0.25) is 5.13 Å². The Morgan fingerprint density at radius 1 is 1.33 bits per heavy atom. The van der Waals surface area contributed by atoms with Gasteiger partial charge >= 0.3 is 0 Å². The molecule has 6 heteroatoms. The molecular weight excluding hydrogens is 294 g/mol. The second-order valence-electron chi connectivity index (χ2n) is 3.15. The van der Waals surface area contributed by atoms with Crippen molar-refractivity contribution in [1.29, 1.82) is 0 Å². The minimum absolute atomic E-state index is 0.811. The molecule has 3 nitrogen and oxygen atoms in total. The highest BCUT2D eigenvalue weighted by molar-refractivity contribution is 9.11. The Morgan fingerprint density at radius 3 is 2.67 bits per heavy atom. The molecular formula is C9H10BrN3S2. The van der Waals surface area contributed by atoms with E-state index in [2.05, 4.69) is 44.4 Å². The molecule has 0 saturated heterocycles. The number of nitrogens with one attached hydrogen (secondary N) is 1. The molecule has 0 aliphatic carbocycles. The minimum atomic E-state index is 0.811. The Bertz CT molecular complexity index is 444. The summed E-state index contributed by atoms with van der Waals surface area (Å²) in [6, 6.07) is 2.18. The number of halogens is 1. The Hall–Kier alpha value is -0.460. The van der Waals surface area contributed by atoms with Crippen LogP contribution >= 0.6 is 38.6 Å². The monoisotopic (exact) mass is 303 g/mol. The summed E-state index contributed by atoms with van der Waals surface area (Å²) < 4.78 is 1.20. The van der Waals surface area contributed by atoms with Crippen LogP contribution in [-0.4, -0.2) is 10.2 Å². The fraction of sp³-hybridized carbons (Fsp3) is 0.333. The maximum Gasteiger partial charge on any atom is 0.205 e. The predicted octanol–water partition coefficient (Wildman–Crippen LogP) is 3.59. The number of anilines is 1. The van der Waals surface area contributed by atoms with E-state index >= 15 is 0 Å². The second-order valence-corrected chi connectivity index (χ2v) is 6.79. The summed E-state index contributed by atoms with van der Waals surface area (Å²) in [6.45, 7) is 4.86. The van der Waals surface area contributed by atoms with Crippen LogP contribution in [0.25, 0.3) is 0 Å². The van der Waals surface area contributed by atoms with Gasteiger partial charge in [-0.3, -0.25) is 0 Å². The van der Waals surface area contributed by atoms with E-state index in [0.717, 1.165) is 16.7 Å². The van der Waals surface area contributed by atoms with Crippen LogP contribution < -0.4 is 5.32 Å². The fourth-order valence-corrected chi connectivity index (χ4v) is 3.30. The van der Waals surface area contributed by atoms with Gasteiger partial charge in [0.15, 0.2) is 0 Å². The fourth-order valence-electron chi connectivity index (χ4n) is 1.14. The van der Waals surface area contributed by atoms with E-state index in [4.69, 9.17) is 0 Å². The van der Waals surface area contributed by atoms with Crippen molar-refractivity contribution in [1.82, 2.24) is 10.2 Å². The number of hydrogen-bond donors (Lipinski definition) is 1. The van der Waals surface area contributed by atoms with Crippen LogP contribution in [0.5, 0.6) is 0 Å². The SMILES string of the molecule is Cc1nnc(NCc2cc(C)c(Br)s2)s1. The largest absolute Gasteiger partial charge is 0.355 e. The van der Waals surface area contributed by atoms with E-state index in [1.165, 1.54) is 14.2 Å². The van der Waals surface area contributed by atoms with Crippen LogP contribution in [-0.2, 0) is 6.54 Å². The number of thiophene rings is 1. The van der Waals surface area contributed by atoms with Crippen molar-refractivity contribution >= 4 is 43.7 Å². The molecule has 0 amide bonds. The van der Waals surface area contributed by atoms with E-state index in [1.54, 1.807) is 22.7 Å². The first-order valence-electron chi connectivity index (χ1n) is 4.44. The summed E-state index contributed by atoms with van der Waals surface area (Å²) >= 11 is 6.84. The maximum absolute atomic E-state index is 4.01. The molecule has 0 aromatic carbocycles. The normalized spacial score (nSPS) is 10.6. The van der Waals surface area contributed by atoms with E-state index in [0.29, 0.717) is 0 Å². The average Bonchev–Trinajstić information content (AvgIpc) is 2.72. The molecule has 80 valence electrons. The van der Waals surface area contributed by atoms with Crippen molar-refractivity contribution in [3.8, 4) is 0 Å². The van der Waals surface area contributed by atoms with Gasteiger partial charge in [0.05, 0.1) is 10.3 Å². The Labute approximate surface area is 105 Å². The molecule has 2 aromatic heterocycles. The van der Waals surface area contributed by atoms with Crippen LogP contribution in [0.4, 0.5) is 5.13 Å². The van der Waals surface area contributed by atoms with Crippen LogP contribution in [0.2, 0.25) is 0 Å². The van der Waals surface area contributed by atoms with Crippen LogP contribution in [0, 0.1) is 13.8 Å². The molecule has 2 aromatic rings. The molecule has 2 heterocycles. The van der Waals surface area contributed by atoms with Crippen LogP contribution in [0.3, 0.4) is 0 Å². The summed E-state index contributed by atoms with van der Waals surface area (Å²) in [4.78, 5) is 1.30. The van der Waals surface area contributed by atoms with Crippen molar-refractivity contribution in [3.05, 3.63) is 25.3 Å². The minimum Gasteiger partial charge on any atom is -0.355 e. The zero-order chi connectivity index (χ0) is 10.8.